The molecule has 4 nitrogen and oxygen atoms in total. The Morgan fingerprint density at radius 2 is 2.23 bits per heavy atom. The van der Waals surface area contributed by atoms with Crippen molar-refractivity contribution < 1.29 is 9.59 Å². The minimum atomic E-state index is -0.313. The third-order valence-electron chi connectivity index (χ3n) is 3.63. The number of thiophene rings is 1. The van der Waals surface area contributed by atoms with E-state index in [0.29, 0.717) is 18.1 Å². The molecule has 6 heteroatoms. The van der Waals surface area contributed by atoms with E-state index < -0.39 is 0 Å². The van der Waals surface area contributed by atoms with Crippen molar-refractivity contribution in [3.8, 4) is 0 Å². The van der Waals surface area contributed by atoms with Gasteiger partial charge in [0, 0.05) is 28.6 Å². The fraction of sp³-hybridized carbons (Fsp3) is 0.250. The lowest BCUT2D eigenvalue weighted by molar-refractivity contribution is -0.126. The topological polar surface area (TPSA) is 49.4 Å². The molecule has 1 saturated heterocycles. The number of halogens is 1. The Balaban J connectivity index is 1.62. The lowest BCUT2D eigenvalue weighted by Gasteiger charge is -2.16. The third kappa shape index (κ3) is 3.31. The van der Waals surface area contributed by atoms with Crippen LogP contribution in [0.15, 0.2) is 41.8 Å². The Labute approximate surface area is 137 Å². The van der Waals surface area contributed by atoms with Gasteiger partial charge in [0.1, 0.15) is 0 Å². The van der Waals surface area contributed by atoms with Crippen LogP contribution in [0.3, 0.4) is 0 Å². The van der Waals surface area contributed by atoms with Gasteiger partial charge in [-0.3, -0.25) is 9.59 Å². The predicted octanol–water partition coefficient (Wildman–Crippen LogP) is 3.07. The Hall–Kier alpha value is -1.85. The maximum atomic E-state index is 12.2. The van der Waals surface area contributed by atoms with Crippen LogP contribution in [0, 0.1) is 5.92 Å². The van der Waals surface area contributed by atoms with Crippen molar-refractivity contribution in [1.29, 1.82) is 0 Å². The van der Waals surface area contributed by atoms with Gasteiger partial charge in [-0.05, 0) is 29.6 Å². The number of nitrogens with one attached hydrogen (secondary N) is 1. The number of anilines is 1. The number of benzene rings is 1. The Morgan fingerprint density at radius 3 is 2.95 bits per heavy atom. The molecule has 2 amide bonds. The van der Waals surface area contributed by atoms with Gasteiger partial charge in [-0.2, -0.15) is 0 Å². The monoisotopic (exact) mass is 334 g/mol. The maximum absolute atomic E-state index is 12.2. The molecule has 1 aromatic heterocycles. The Morgan fingerprint density at radius 1 is 1.36 bits per heavy atom. The maximum Gasteiger partial charge on any atom is 0.227 e. The quantitative estimate of drug-likeness (QED) is 0.934. The highest BCUT2D eigenvalue weighted by molar-refractivity contribution is 7.09. The van der Waals surface area contributed by atoms with E-state index in [1.165, 1.54) is 0 Å². The van der Waals surface area contributed by atoms with Crippen LogP contribution < -0.4 is 10.2 Å². The predicted molar refractivity (Wildman–Crippen MR) is 88.1 cm³/mol. The van der Waals surface area contributed by atoms with Gasteiger partial charge in [-0.15, -0.1) is 11.3 Å². The van der Waals surface area contributed by atoms with Gasteiger partial charge in [-0.1, -0.05) is 23.7 Å². The fourth-order valence-corrected chi connectivity index (χ4v) is 3.34. The van der Waals surface area contributed by atoms with E-state index in [1.807, 2.05) is 23.6 Å². The number of carbonyl (C=O) groups is 2. The SMILES string of the molecule is O=C(NCc1cccs1)C1CC(=O)N(c2cccc(Cl)c2)C1. The van der Waals surface area contributed by atoms with E-state index in [0.717, 1.165) is 10.6 Å². The average molecular weight is 335 g/mol. The number of nitrogens with zero attached hydrogens (tertiary/aromatic N) is 1. The zero-order valence-corrected chi connectivity index (χ0v) is 13.4. The van der Waals surface area contributed by atoms with Crippen molar-refractivity contribution in [3.05, 3.63) is 51.7 Å². The molecule has 22 heavy (non-hydrogen) atoms. The van der Waals surface area contributed by atoms with Crippen LogP contribution in [0.1, 0.15) is 11.3 Å². The molecule has 1 atom stereocenters. The van der Waals surface area contributed by atoms with E-state index in [9.17, 15) is 9.59 Å². The van der Waals surface area contributed by atoms with Crippen molar-refractivity contribution in [2.75, 3.05) is 11.4 Å². The highest BCUT2D eigenvalue weighted by atomic mass is 35.5. The number of amides is 2. The highest BCUT2D eigenvalue weighted by Gasteiger charge is 2.35. The van der Waals surface area contributed by atoms with Crippen molar-refractivity contribution in [2.45, 2.75) is 13.0 Å². The average Bonchev–Trinajstić information content (AvgIpc) is 3.14. The number of hydrogen-bond acceptors (Lipinski definition) is 3. The molecule has 0 aliphatic carbocycles. The molecule has 2 aromatic rings. The highest BCUT2D eigenvalue weighted by Crippen LogP contribution is 2.27. The van der Waals surface area contributed by atoms with Crippen LogP contribution >= 0.6 is 22.9 Å². The minimum Gasteiger partial charge on any atom is -0.351 e. The first-order valence-electron chi connectivity index (χ1n) is 6.99. The van der Waals surface area contributed by atoms with E-state index in [-0.39, 0.29) is 24.2 Å². The molecule has 0 radical (unpaired) electrons. The van der Waals surface area contributed by atoms with E-state index in [2.05, 4.69) is 5.32 Å². The van der Waals surface area contributed by atoms with Crippen molar-refractivity contribution in [1.82, 2.24) is 5.32 Å². The lowest BCUT2D eigenvalue weighted by Crippen LogP contribution is -2.32. The first-order chi connectivity index (χ1) is 10.6. The summed E-state index contributed by atoms with van der Waals surface area (Å²) in [5, 5.41) is 5.45. The molecule has 3 rings (SSSR count). The van der Waals surface area contributed by atoms with Gasteiger partial charge in [0.15, 0.2) is 0 Å². The van der Waals surface area contributed by atoms with Crippen LogP contribution in [0.4, 0.5) is 5.69 Å². The standard InChI is InChI=1S/C16H15ClN2O2S/c17-12-3-1-4-13(8-12)19-10-11(7-15(19)20)16(21)18-9-14-5-2-6-22-14/h1-6,8,11H,7,9-10H2,(H,18,21). The zero-order chi connectivity index (χ0) is 15.5. The molecule has 1 N–H and O–H groups in total. The first-order valence-corrected chi connectivity index (χ1v) is 8.25. The first kappa shape index (κ1) is 15.1. The second kappa shape index (κ2) is 6.50. The van der Waals surface area contributed by atoms with Gasteiger partial charge >= 0.3 is 0 Å². The van der Waals surface area contributed by atoms with Crippen molar-refractivity contribution in [3.63, 3.8) is 0 Å². The molecular formula is C16H15ClN2O2S. The molecular weight excluding hydrogens is 320 g/mol. The second-order valence-electron chi connectivity index (χ2n) is 5.18. The summed E-state index contributed by atoms with van der Waals surface area (Å²) in [5.74, 6) is -0.434. The van der Waals surface area contributed by atoms with Crippen LogP contribution in [0.25, 0.3) is 0 Å². The minimum absolute atomic E-state index is 0.0430. The van der Waals surface area contributed by atoms with Crippen LogP contribution in [-0.2, 0) is 16.1 Å². The molecule has 1 unspecified atom stereocenters. The van der Waals surface area contributed by atoms with Crippen LogP contribution in [-0.4, -0.2) is 18.4 Å². The number of carbonyl (C=O) groups excluding carboxylic acids is 2. The Kier molecular flexibility index (Phi) is 4.45. The summed E-state index contributed by atoms with van der Waals surface area (Å²) in [5.41, 5.74) is 0.742. The smallest absolute Gasteiger partial charge is 0.227 e. The molecule has 0 spiro atoms. The summed E-state index contributed by atoms with van der Waals surface area (Å²) in [6.45, 7) is 0.911. The molecule has 1 aliphatic rings. The molecule has 1 aliphatic heterocycles. The normalized spacial score (nSPS) is 17.8. The Bertz CT molecular complexity index is 687. The van der Waals surface area contributed by atoms with Crippen molar-refractivity contribution >= 4 is 40.4 Å². The molecule has 2 heterocycles. The van der Waals surface area contributed by atoms with Crippen LogP contribution in [0.5, 0.6) is 0 Å². The largest absolute Gasteiger partial charge is 0.351 e. The molecule has 0 bridgehead atoms. The summed E-state index contributed by atoms with van der Waals surface area (Å²) in [6, 6.07) is 11.1. The number of hydrogen-bond donors (Lipinski definition) is 1. The summed E-state index contributed by atoms with van der Waals surface area (Å²) >= 11 is 7.56. The zero-order valence-electron chi connectivity index (χ0n) is 11.8. The van der Waals surface area contributed by atoms with E-state index in [4.69, 9.17) is 11.6 Å². The molecule has 114 valence electrons. The third-order valence-corrected chi connectivity index (χ3v) is 4.74. The summed E-state index contributed by atoms with van der Waals surface area (Å²) < 4.78 is 0. The summed E-state index contributed by atoms with van der Waals surface area (Å²) in [6.07, 6.45) is 0.239. The summed E-state index contributed by atoms with van der Waals surface area (Å²) in [7, 11) is 0. The van der Waals surface area contributed by atoms with Gasteiger partial charge < -0.3 is 10.2 Å². The van der Waals surface area contributed by atoms with E-state index in [1.54, 1.807) is 34.4 Å². The van der Waals surface area contributed by atoms with Crippen molar-refractivity contribution in [2.24, 2.45) is 5.92 Å². The van der Waals surface area contributed by atoms with Gasteiger partial charge in [0.05, 0.1) is 12.5 Å². The molecule has 1 aromatic carbocycles. The fourth-order valence-electron chi connectivity index (χ4n) is 2.51. The molecule has 1 fully saturated rings. The van der Waals surface area contributed by atoms with E-state index >= 15 is 0 Å². The van der Waals surface area contributed by atoms with Crippen LogP contribution in [0.2, 0.25) is 5.02 Å². The van der Waals surface area contributed by atoms with Gasteiger partial charge in [0.2, 0.25) is 11.8 Å². The van der Waals surface area contributed by atoms with Gasteiger partial charge in [0.25, 0.3) is 0 Å². The molecule has 0 saturated carbocycles. The van der Waals surface area contributed by atoms with Gasteiger partial charge in [-0.25, -0.2) is 0 Å². The number of rotatable bonds is 4. The lowest BCUT2D eigenvalue weighted by atomic mass is 10.1. The summed E-state index contributed by atoms with van der Waals surface area (Å²) in [4.78, 5) is 27.1. The second-order valence-corrected chi connectivity index (χ2v) is 6.65.